The van der Waals surface area contributed by atoms with Gasteiger partial charge in [0.15, 0.2) is 0 Å². The highest BCUT2D eigenvalue weighted by Crippen LogP contribution is 2.30. The lowest BCUT2D eigenvalue weighted by molar-refractivity contribution is 0.185. The molecule has 0 saturated carbocycles. The summed E-state index contributed by atoms with van der Waals surface area (Å²) in [6, 6.07) is 5.58. The molecule has 0 aliphatic carbocycles. The normalized spacial score (nSPS) is 20.7. The van der Waals surface area contributed by atoms with Crippen molar-refractivity contribution in [2.45, 2.75) is 19.1 Å². The van der Waals surface area contributed by atoms with Gasteiger partial charge in [-0.1, -0.05) is 0 Å². The quantitative estimate of drug-likeness (QED) is 0.717. The molecule has 3 N–H and O–H groups in total. The molecule has 1 atom stereocenters. The number of anilines is 2. The van der Waals surface area contributed by atoms with Gasteiger partial charge in [0.25, 0.3) is 0 Å². The second-order valence-corrected chi connectivity index (χ2v) is 3.74. The molecule has 15 heavy (non-hydrogen) atoms. The Kier molecular flexibility index (Phi) is 2.68. The van der Waals surface area contributed by atoms with Gasteiger partial charge in [0.05, 0.1) is 12.8 Å². The van der Waals surface area contributed by atoms with Crippen molar-refractivity contribution < 1.29 is 9.84 Å². The lowest BCUT2D eigenvalue weighted by Gasteiger charge is -2.23. The molecule has 0 radical (unpaired) electrons. The molecule has 4 nitrogen and oxygen atoms in total. The summed E-state index contributed by atoms with van der Waals surface area (Å²) in [5.41, 5.74) is 7.31. The first-order valence-corrected chi connectivity index (χ1v) is 5.10. The minimum atomic E-state index is -0.377. The van der Waals surface area contributed by atoms with Crippen LogP contribution in [0, 0.1) is 0 Å². The van der Waals surface area contributed by atoms with Crippen LogP contribution < -0.4 is 15.4 Å². The van der Waals surface area contributed by atoms with Crippen molar-refractivity contribution in [1.82, 2.24) is 0 Å². The van der Waals surface area contributed by atoms with E-state index in [0.29, 0.717) is 11.4 Å². The summed E-state index contributed by atoms with van der Waals surface area (Å²) in [6.45, 7) is 0.883. The van der Waals surface area contributed by atoms with Crippen molar-refractivity contribution >= 4 is 11.4 Å². The van der Waals surface area contributed by atoms with E-state index in [0.717, 1.165) is 25.1 Å². The number of nitrogens with two attached hydrogens (primary N) is 1. The molecule has 1 fully saturated rings. The molecule has 2 rings (SSSR count). The summed E-state index contributed by atoms with van der Waals surface area (Å²) in [5.74, 6) is 0.659. The number of nitrogen functional groups attached to an aromatic ring is 1. The maximum absolute atomic E-state index is 9.73. The molecule has 4 heteroatoms. The Labute approximate surface area is 89.3 Å². The zero-order valence-corrected chi connectivity index (χ0v) is 8.81. The molecular weight excluding hydrogens is 192 g/mol. The molecule has 0 spiro atoms. The molecule has 1 aromatic rings. The Balaban J connectivity index is 2.28. The molecule has 1 heterocycles. The minimum absolute atomic E-state index is 0.377. The van der Waals surface area contributed by atoms with Crippen molar-refractivity contribution in [1.29, 1.82) is 0 Å². The summed E-state index contributed by atoms with van der Waals surface area (Å²) in [4.78, 5) is 1.96. The van der Waals surface area contributed by atoms with Crippen molar-refractivity contribution in [2.24, 2.45) is 0 Å². The predicted molar refractivity (Wildman–Crippen MR) is 60.0 cm³/mol. The van der Waals surface area contributed by atoms with E-state index in [4.69, 9.17) is 10.5 Å². The molecule has 0 amide bonds. The van der Waals surface area contributed by atoms with E-state index in [-0.39, 0.29) is 6.23 Å². The molecule has 1 unspecified atom stereocenters. The highest BCUT2D eigenvalue weighted by Gasteiger charge is 2.22. The highest BCUT2D eigenvalue weighted by atomic mass is 16.5. The fraction of sp³-hybridized carbons (Fsp3) is 0.455. The van der Waals surface area contributed by atoms with Gasteiger partial charge >= 0.3 is 0 Å². The van der Waals surface area contributed by atoms with Crippen LogP contribution in [0.4, 0.5) is 11.4 Å². The first kappa shape index (κ1) is 10.1. The number of aliphatic hydroxyl groups excluding tert-OH is 1. The van der Waals surface area contributed by atoms with E-state index in [9.17, 15) is 5.11 Å². The van der Waals surface area contributed by atoms with Gasteiger partial charge < -0.3 is 20.5 Å². The maximum atomic E-state index is 9.73. The first-order chi connectivity index (χ1) is 7.22. The van der Waals surface area contributed by atoms with Crippen molar-refractivity contribution in [3.05, 3.63) is 18.2 Å². The number of hydrogen-bond donors (Lipinski definition) is 2. The van der Waals surface area contributed by atoms with Gasteiger partial charge in [-0.15, -0.1) is 0 Å². The lowest BCUT2D eigenvalue weighted by atomic mass is 10.2. The van der Waals surface area contributed by atoms with Gasteiger partial charge in [-0.05, 0) is 25.0 Å². The summed E-state index contributed by atoms with van der Waals surface area (Å²) in [7, 11) is 1.59. The fourth-order valence-electron chi connectivity index (χ4n) is 1.93. The molecule has 1 aliphatic heterocycles. The predicted octanol–water partition coefficient (Wildman–Crippen LogP) is 1.20. The number of methoxy groups -OCH3 is 1. The lowest BCUT2D eigenvalue weighted by Crippen LogP contribution is -2.28. The zero-order valence-electron chi connectivity index (χ0n) is 8.81. The first-order valence-electron chi connectivity index (χ1n) is 5.10. The Morgan fingerprint density at radius 2 is 2.33 bits per heavy atom. The van der Waals surface area contributed by atoms with E-state index < -0.39 is 0 Å². The summed E-state index contributed by atoms with van der Waals surface area (Å²) in [6.07, 6.45) is 1.47. The zero-order chi connectivity index (χ0) is 10.8. The summed E-state index contributed by atoms with van der Waals surface area (Å²) < 4.78 is 5.15. The number of rotatable bonds is 2. The average Bonchev–Trinajstić information content (AvgIpc) is 2.65. The van der Waals surface area contributed by atoms with Crippen LogP contribution in [0.25, 0.3) is 0 Å². The number of nitrogens with zero attached hydrogens (tertiary/aromatic N) is 1. The number of aliphatic hydroxyl groups is 1. The number of hydrogen-bond acceptors (Lipinski definition) is 4. The Hall–Kier alpha value is -1.42. The van der Waals surface area contributed by atoms with E-state index in [1.807, 2.05) is 17.0 Å². The minimum Gasteiger partial charge on any atom is -0.495 e. The van der Waals surface area contributed by atoms with Crippen LogP contribution in [0.2, 0.25) is 0 Å². The van der Waals surface area contributed by atoms with Crippen LogP contribution in [-0.2, 0) is 0 Å². The standard InChI is InChI=1S/C11H16N2O2/c1-15-10-7-8(4-5-9(10)12)13-6-2-3-11(13)14/h4-5,7,11,14H,2-3,6,12H2,1H3. The fourth-order valence-corrected chi connectivity index (χ4v) is 1.93. The highest BCUT2D eigenvalue weighted by molar-refractivity contribution is 5.62. The third-order valence-electron chi connectivity index (χ3n) is 2.77. The molecular formula is C11H16N2O2. The van der Waals surface area contributed by atoms with Gasteiger partial charge in [0.1, 0.15) is 12.0 Å². The second-order valence-electron chi connectivity index (χ2n) is 3.74. The van der Waals surface area contributed by atoms with E-state index in [1.165, 1.54) is 0 Å². The van der Waals surface area contributed by atoms with Crippen LogP contribution in [0.3, 0.4) is 0 Å². The van der Waals surface area contributed by atoms with Crippen LogP contribution in [0.1, 0.15) is 12.8 Å². The summed E-state index contributed by atoms with van der Waals surface area (Å²) in [5, 5.41) is 9.73. The summed E-state index contributed by atoms with van der Waals surface area (Å²) >= 11 is 0. The van der Waals surface area contributed by atoms with E-state index >= 15 is 0 Å². The number of ether oxygens (including phenoxy) is 1. The topological polar surface area (TPSA) is 58.7 Å². The van der Waals surface area contributed by atoms with Crippen molar-refractivity contribution in [3.8, 4) is 5.75 Å². The van der Waals surface area contributed by atoms with Gasteiger partial charge in [-0.2, -0.15) is 0 Å². The Bertz CT molecular complexity index is 354. The SMILES string of the molecule is COc1cc(N2CCCC2O)ccc1N. The van der Waals surface area contributed by atoms with Crippen molar-refractivity contribution in [2.75, 3.05) is 24.3 Å². The van der Waals surface area contributed by atoms with Crippen LogP contribution >= 0.6 is 0 Å². The van der Waals surface area contributed by atoms with Gasteiger partial charge in [-0.3, -0.25) is 0 Å². The maximum Gasteiger partial charge on any atom is 0.143 e. The number of benzene rings is 1. The van der Waals surface area contributed by atoms with Gasteiger partial charge in [0.2, 0.25) is 0 Å². The molecule has 1 saturated heterocycles. The monoisotopic (exact) mass is 208 g/mol. The Morgan fingerprint density at radius 3 is 2.93 bits per heavy atom. The van der Waals surface area contributed by atoms with Crippen LogP contribution in [0.15, 0.2) is 18.2 Å². The van der Waals surface area contributed by atoms with Gasteiger partial charge in [-0.25, -0.2) is 0 Å². The molecule has 82 valence electrons. The average molecular weight is 208 g/mol. The molecule has 1 aromatic carbocycles. The Morgan fingerprint density at radius 1 is 1.53 bits per heavy atom. The third-order valence-corrected chi connectivity index (χ3v) is 2.77. The smallest absolute Gasteiger partial charge is 0.143 e. The molecule has 0 bridgehead atoms. The van der Waals surface area contributed by atoms with Crippen LogP contribution in [0.5, 0.6) is 5.75 Å². The van der Waals surface area contributed by atoms with Crippen molar-refractivity contribution in [3.63, 3.8) is 0 Å². The molecule has 0 aromatic heterocycles. The van der Waals surface area contributed by atoms with Gasteiger partial charge in [0, 0.05) is 18.3 Å². The van der Waals surface area contributed by atoms with E-state index in [1.54, 1.807) is 13.2 Å². The molecule has 1 aliphatic rings. The second kappa shape index (κ2) is 3.98. The van der Waals surface area contributed by atoms with E-state index in [2.05, 4.69) is 0 Å². The van der Waals surface area contributed by atoms with Crippen LogP contribution in [-0.4, -0.2) is 25.0 Å². The largest absolute Gasteiger partial charge is 0.495 e. The third kappa shape index (κ3) is 1.85.